The van der Waals surface area contributed by atoms with Crippen molar-refractivity contribution < 1.29 is 0 Å². The van der Waals surface area contributed by atoms with Gasteiger partial charge in [0.05, 0.1) is 5.52 Å². The second-order valence-electron chi connectivity index (χ2n) is 5.53. The van der Waals surface area contributed by atoms with Crippen molar-refractivity contribution in [3.63, 3.8) is 0 Å². The molecule has 0 bridgehead atoms. The zero-order valence-electron chi connectivity index (χ0n) is 11.9. The monoisotopic (exact) mass is 292 g/mol. The summed E-state index contributed by atoms with van der Waals surface area (Å²) in [4.78, 5) is 4.92. The molecular weight excluding hydrogens is 272 g/mol. The van der Waals surface area contributed by atoms with Crippen LogP contribution in [0.3, 0.4) is 0 Å². The molecule has 0 aliphatic carbocycles. The third-order valence-electron chi connectivity index (χ3n) is 4.05. The van der Waals surface area contributed by atoms with Gasteiger partial charge >= 0.3 is 0 Å². The predicted octanol–water partition coefficient (Wildman–Crippen LogP) is 2.33. The van der Waals surface area contributed by atoms with Crippen LogP contribution in [0, 0.1) is 0 Å². The number of benzene rings is 1. The molecule has 1 aromatic heterocycles. The number of para-hydroxylation sites is 1. The highest BCUT2D eigenvalue weighted by atomic mass is 35.5. The first-order valence-electron chi connectivity index (χ1n) is 7.26. The van der Waals surface area contributed by atoms with E-state index in [0.29, 0.717) is 5.15 Å². The first-order valence-corrected chi connectivity index (χ1v) is 7.64. The van der Waals surface area contributed by atoms with Gasteiger partial charge in [-0.2, -0.15) is 5.10 Å². The van der Waals surface area contributed by atoms with Crippen LogP contribution in [0.5, 0.6) is 0 Å². The molecule has 4 nitrogen and oxygen atoms in total. The Kier molecular flexibility index (Phi) is 4.24. The topological polar surface area (TPSA) is 24.3 Å². The van der Waals surface area contributed by atoms with Gasteiger partial charge in [0.15, 0.2) is 5.15 Å². The Bertz CT molecular complexity index is 572. The van der Waals surface area contributed by atoms with Crippen molar-refractivity contribution in [3.8, 4) is 0 Å². The molecule has 1 aromatic carbocycles. The lowest BCUT2D eigenvalue weighted by Gasteiger charge is -2.32. The molecule has 1 saturated heterocycles. The van der Waals surface area contributed by atoms with Crippen molar-refractivity contribution in [3.05, 3.63) is 29.4 Å². The molecule has 0 saturated carbocycles. The van der Waals surface area contributed by atoms with E-state index in [4.69, 9.17) is 11.6 Å². The van der Waals surface area contributed by atoms with Crippen molar-refractivity contribution in [1.29, 1.82) is 0 Å². The lowest BCUT2D eigenvalue weighted by molar-refractivity contribution is 0.151. The van der Waals surface area contributed by atoms with Crippen molar-refractivity contribution in [2.45, 2.75) is 13.0 Å². The standard InChI is InChI=1S/C15H21ClN4/c1-18-9-11-19(12-10-18)7-4-8-20-14-6-3-2-5-13(14)15(16)17-20/h2-3,5-6H,4,7-12H2,1H3. The molecule has 0 unspecified atom stereocenters. The fraction of sp³-hybridized carbons (Fsp3) is 0.533. The Morgan fingerprint density at radius 1 is 1.10 bits per heavy atom. The molecule has 20 heavy (non-hydrogen) atoms. The van der Waals surface area contributed by atoms with Gasteiger partial charge in [0.25, 0.3) is 0 Å². The van der Waals surface area contributed by atoms with Gasteiger partial charge in [0.1, 0.15) is 0 Å². The van der Waals surface area contributed by atoms with Crippen molar-refractivity contribution in [2.24, 2.45) is 0 Å². The SMILES string of the molecule is CN1CCN(CCCn2nc(Cl)c3ccccc32)CC1. The van der Waals surface area contributed by atoms with Gasteiger partial charge in [0.2, 0.25) is 0 Å². The van der Waals surface area contributed by atoms with Gasteiger partial charge in [-0.25, -0.2) is 0 Å². The Labute approximate surface area is 124 Å². The van der Waals surface area contributed by atoms with E-state index in [-0.39, 0.29) is 0 Å². The highest BCUT2D eigenvalue weighted by Gasteiger charge is 2.13. The average Bonchev–Trinajstić information content (AvgIpc) is 2.79. The Hall–Kier alpha value is -1.10. The number of aryl methyl sites for hydroxylation is 1. The van der Waals surface area contributed by atoms with Gasteiger partial charge in [-0.3, -0.25) is 4.68 Å². The molecular formula is C15H21ClN4. The summed E-state index contributed by atoms with van der Waals surface area (Å²) in [5, 5.41) is 6.10. The average molecular weight is 293 g/mol. The number of piperazine rings is 1. The number of halogens is 1. The van der Waals surface area contributed by atoms with Gasteiger partial charge in [-0.15, -0.1) is 0 Å². The summed E-state index contributed by atoms with van der Waals surface area (Å²) in [6.07, 6.45) is 1.12. The molecule has 0 atom stereocenters. The maximum absolute atomic E-state index is 6.17. The zero-order valence-corrected chi connectivity index (χ0v) is 12.7. The lowest BCUT2D eigenvalue weighted by atomic mass is 10.2. The van der Waals surface area contributed by atoms with Crippen LogP contribution in [0.25, 0.3) is 10.9 Å². The highest BCUT2D eigenvalue weighted by Crippen LogP contribution is 2.22. The van der Waals surface area contributed by atoms with Crippen LogP contribution < -0.4 is 0 Å². The van der Waals surface area contributed by atoms with Crippen LogP contribution in [0.15, 0.2) is 24.3 Å². The maximum atomic E-state index is 6.17. The van der Waals surface area contributed by atoms with E-state index in [9.17, 15) is 0 Å². The number of aromatic nitrogens is 2. The molecule has 5 heteroatoms. The normalized spacial score (nSPS) is 17.9. The Balaban J connectivity index is 1.57. The third-order valence-corrected chi connectivity index (χ3v) is 4.33. The molecule has 0 spiro atoms. The summed E-state index contributed by atoms with van der Waals surface area (Å²) >= 11 is 6.17. The molecule has 1 aliphatic rings. The number of hydrogen-bond acceptors (Lipinski definition) is 3. The van der Waals surface area contributed by atoms with Crippen LogP contribution in [0.1, 0.15) is 6.42 Å². The van der Waals surface area contributed by atoms with E-state index in [1.165, 1.54) is 26.2 Å². The fourth-order valence-electron chi connectivity index (χ4n) is 2.77. The van der Waals surface area contributed by atoms with E-state index in [2.05, 4.69) is 28.0 Å². The van der Waals surface area contributed by atoms with Gasteiger partial charge in [0, 0.05) is 38.1 Å². The van der Waals surface area contributed by atoms with Crippen LogP contribution in [-0.4, -0.2) is 59.4 Å². The molecule has 1 aliphatic heterocycles. The van der Waals surface area contributed by atoms with E-state index >= 15 is 0 Å². The number of nitrogens with zero attached hydrogens (tertiary/aromatic N) is 4. The second-order valence-corrected chi connectivity index (χ2v) is 5.89. The van der Waals surface area contributed by atoms with Gasteiger partial charge in [-0.05, 0) is 32.1 Å². The molecule has 1 fully saturated rings. The fourth-order valence-corrected chi connectivity index (χ4v) is 3.02. The van der Waals surface area contributed by atoms with E-state index in [0.717, 1.165) is 30.4 Å². The van der Waals surface area contributed by atoms with Gasteiger partial charge in [-0.1, -0.05) is 23.7 Å². The maximum Gasteiger partial charge on any atom is 0.158 e. The summed E-state index contributed by atoms with van der Waals surface area (Å²) < 4.78 is 2.04. The first kappa shape index (κ1) is 13.9. The van der Waals surface area contributed by atoms with Crippen molar-refractivity contribution in [2.75, 3.05) is 39.8 Å². The number of likely N-dealkylation sites (N-methyl/N-ethyl adjacent to an activating group) is 1. The van der Waals surface area contributed by atoms with Crippen LogP contribution in [0.4, 0.5) is 0 Å². The molecule has 0 N–H and O–H groups in total. The predicted molar refractivity (Wildman–Crippen MR) is 83.3 cm³/mol. The number of rotatable bonds is 4. The molecule has 0 amide bonds. The number of hydrogen-bond donors (Lipinski definition) is 0. The van der Waals surface area contributed by atoms with E-state index in [1.807, 2.05) is 22.9 Å². The summed E-state index contributed by atoms with van der Waals surface area (Å²) in [5.74, 6) is 0. The van der Waals surface area contributed by atoms with Crippen molar-refractivity contribution >= 4 is 22.5 Å². The van der Waals surface area contributed by atoms with E-state index in [1.54, 1.807) is 0 Å². The number of fused-ring (bicyclic) bond motifs is 1. The summed E-state index contributed by atoms with van der Waals surface area (Å²) in [5.41, 5.74) is 1.14. The summed E-state index contributed by atoms with van der Waals surface area (Å²) in [6.45, 7) is 6.78. The van der Waals surface area contributed by atoms with E-state index < -0.39 is 0 Å². The summed E-state index contributed by atoms with van der Waals surface area (Å²) in [7, 11) is 2.19. The van der Waals surface area contributed by atoms with Crippen LogP contribution in [-0.2, 0) is 6.54 Å². The van der Waals surface area contributed by atoms with Gasteiger partial charge < -0.3 is 9.80 Å². The van der Waals surface area contributed by atoms with Crippen molar-refractivity contribution in [1.82, 2.24) is 19.6 Å². The van der Waals surface area contributed by atoms with Crippen LogP contribution in [0.2, 0.25) is 5.15 Å². The highest BCUT2D eigenvalue weighted by molar-refractivity contribution is 6.34. The summed E-state index contributed by atoms with van der Waals surface area (Å²) in [6, 6.07) is 8.16. The minimum absolute atomic E-state index is 0.611. The lowest BCUT2D eigenvalue weighted by Crippen LogP contribution is -2.44. The smallest absolute Gasteiger partial charge is 0.158 e. The first-order chi connectivity index (χ1) is 9.74. The molecule has 2 heterocycles. The second kappa shape index (κ2) is 6.12. The van der Waals surface area contributed by atoms with Crippen LogP contribution >= 0.6 is 11.6 Å². The molecule has 3 rings (SSSR count). The minimum Gasteiger partial charge on any atom is -0.304 e. The Morgan fingerprint density at radius 3 is 2.65 bits per heavy atom. The zero-order chi connectivity index (χ0) is 13.9. The largest absolute Gasteiger partial charge is 0.304 e. The molecule has 2 aromatic rings. The molecule has 0 radical (unpaired) electrons. The minimum atomic E-state index is 0.611. The Morgan fingerprint density at radius 2 is 1.85 bits per heavy atom. The quantitative estimate of drug-likeness (QED) is 0.864. The molecule has 108 valence electrons. The third kappa shape index (κ3) is 2.97.